The fraction of sp³-hybridized carbons (Fsp3) is 0.875. The van der Waals surface area contributed by atoms with Crippen LogP contribution in [0.1, 0.15) is 32.6 Å². The number of carbonyl (C=O) groups excluding carboxylic acids is 1. The normalized spacial score (nSPS) is 12.5. The first-order valence-electron chi connectivity index (χ1n) is 4.00. The number of unbranched alkanes of at least 4 members (excludes halogenated alkanes) is 2. The second kappa shape index (κ2) is 7.86. The minimum Gasteiger partial charge on any atom is -0.466 e. The second-order valence-electron chi connectivity index (χ2n) is 2.52. The molecule has 11 heavy (non-hydrogen) atoms. The van der Waals surface area contributed by atoms with Gasteiger partial charge in [0.1, 0.15) is 6.61 Å². The van der Waals surface area contributed by atoms with Crippen LogP contribution in [0.3, 0.4) is 0 Å². The zero-order chi connectivity index (χ0) is 8.53. The third-order valence-corrected chi connectivity index (χ3v) is 1.81. The van der Waals surface area contributed by atoms with E-state index < -0.39 is 0 Å². The number of hydrogen-bond acceptors (Lipinski definition) is 2. The van der Waals surface area contributed by atoms with E-state index >= 15 is 0 Å². The van der Waals surface area contributed by atoms with Crippen molar-refractivity contribution in [1.82, 2.24) is 0 Å². The van der Waals surface area contributed by atoms with E-state index in [-0.39, 0.29) is 5.38 Å². The summed E-state index contributed by atoms with van der Waals surface area (Å²) in [6.07, 6.45) is 4.44. The molecule has 0 aromatic carbocycles. The maximum atomic E-state index is 9.76. The van der Waals surface area contributed by atoms with Crippen molar-refractivity contribution >= 4 is 18.1 Å². The molecule has 0 saturated carbocycles. The average Bonchev–Trinajstić information content (AvgIpc) is 2.01. The van der Waals surface area contributed by atoms with Crippen molar-refractivity contribution in [3.63, 3.8) is 0 Å². The molecule has 1 unspecified atom stereocenters. The molecular weight excluding hydrogens is 164 g/mol. The van der Waals surface area contributed by atoms with Crippen molar-refractivity contribution in [3.8, 4) is 0 Å². The molecule has 0 N–H and O–H groups in total. The third kappa shape index (κ3) is 7.66. The lowest BCUT2D eigenvalue weighted by Crippen LogP contribution is -2.07. The maximum absolute atomic E-state index is 9.76. The predicted octanol–water partition coefficient (Wildman–Crippen LogP) is 2.35. The first kappa shape index (κ1) is 10.8. The van der Waals surface area contributed by atoms with Gasteiger partial charge in [-0.3, -0.25) is 4.79 Å². The van der Waals surface area contributed by atoms with E-state index in [0.717, 1.165) is 12.8 Å². The highest BCUT2D eigenvalue weighted by Crippen LogP contribution is 2.08. The topological polar surface area (TPSA) is 26.3 Å². The summed E-state index contributed by atoms with van der Waals surface area (Å²) in [6.45, 7) is 2.93. The van der Waals surface area contributed by atoms with Crippen LogP contribution in [-0.4, -0.2) is 18.5 Å². The van der Waals surface area contributed by atoms with Crippen molar-refractivity contribution < 1.29 is 9.53 Å². The lowest BCUT2D eigenvalue weighted by atomic mass is 10.2. The van der Waals surface area contributed by atoms with Gasteiger partial charge in [-0.2, -0.15) is 0 Å². The number of alkyl halides is 1. The summed E-state index contributed by atoms with van der Waals surface area (Å²) in [6, 6.07) is 0. The van der Waals surface area contributed by atoms with Gasteiger partial charge >= 0.3 is 0 Å². The minimum atomic E-state index is -0.00764. The van der Waals surface area contributed by atoms with E-state index in [4.69, 9.17) is 11.6 Å². The number of halogens is 1. The zero-order valence-corrected chi connectivity index (χ0v) is 7.64. The molecule has 0 rings (SSSR count). The van der Waals surface area contributed by atoms with Crippen molar-refractivity contribution in [3.05, 3.63) is 0 Å². The van der Waals surface area contributed by atoms with Crippen LogP contribution >= 0.6 is 11.6 Å². The van der Waals surface area contributed by atoms with E-state index in [2.05, 4.69) is 11.7 Å². The molecule has 2 nitrogen and oxygen atoms in total. The molecule has 0 aliphatic heterocycles. The summed E-state index contributed by atoms with van der Waals surface area (Å²) in [5, 5.41) is -0.00764. The lowest BCUT2D eigenvalue weighted by molar-refractivity contribution is -0.128. The molecule has 0 aliphatic carbocycles. The van der Waals surface area contributed by atoms with Crippen molar-refractivity contribution in [2.45, 2.75) is 38.0 Å². The van der Waals surface area contributed by atoms with Crippen LogP contribution in [-0.2, 0) is 9.53 Å². The lowest BCUT2D eigenvalue weighted by Gasteiger charge is -2.06. The molecule has 0 aromatic rings. The highest BCUT2D eigenvalue weighted by atomic mass is 35.5. The molecule has 0 aromatic heterocycles. The van der Waals surface area contributed by atoms with Gasteiger partial charge in [0, 0.05) is 0 Å². The molecular formula is C8H15ClO2. The number of ether oxygens (including phenoxy) is 1. The van der Waals surface area contributed by atoms with E-state index in [1.54, 1.807) is 0 Å². The second-order valence-corrected chi connectivity index (χ2v) is 3.14. The number of rotatable bonds is 7. The van der Waals surface area contributed by atoms with E-state index in [1.165, 1.54) is 12.8 Å². The molecule has 0 fully saturated rings. The standard InChI is InChI=1S/C8H15ClO2/c1-2-3-4-5-8(9)6-11-7-10/h7-8H,2-6H2,1H3. The van der Waals surface area contributed by atoms with Gasteiger partial charge in [-0.15, -0.1) is 11.6 Å². The molecule has 1 atom stereocenters. The van der Waals surface area contributed by atoms with Gasteiger partial charge in [0.25, 0.3) is 6.47 Å². The molecule has 0 spiro atoms. The average molecular weight is 179 g/mol. The van der Waals surface area contributed by atoms with E-state index in [0.29, 0.717) is 13.1 Å². The monoisotopic (exact) mass is 178 g/mol. The summed E-state index contributed by atoms with van der Waals surface area (Å²) in [4.78, 5) is 9.76. The Morgan fingerprint density at radius 1 is 1.55 bits per heavy atom. The van der Waals surface area contributed by atoms with Gasteiger partial charge < -0.3 is 4.74 Å². The summed E-state index contributed by atoms with van der Waals surface area (Å²) in [7, 11) is 0. The number of hydrogen-bond donors (Lipinski definition) is 0. The molecule has 0 saturated heterocycles. The molecule has 0 heterocycles. The Labute approximate surface area is 72.9 Å². The van der Waals surface area contributed by atoms with E-state index in [1.807, 2.05) is 0 Å². The largest absolute Gasteiger partial charge is 0.466 e. The van der Waals surface area contributed by atoms with Gasteiger partial charge in [-0.1, -0.05) is 26.2 Å². The van der Waals surface area contributed by atoms with Crippen LogP contribution in [0.2, 0.25) is 0 Å². The molecule has 0 amide bonds. The van der Waals surface area contributed by atoms with Gasteiger partial charge in [0.15, 0.2) is 0 Å². The minimum absolute atomic E-state index is 0.00764. The summed E-state index contributed by atoms with van der Waals surface area (Å²) in [5.41, 5.74) is 0. The summed E-state index contributed by atoms with van der Waals surface area (Å²) < 4.78 is 4.51. The Kier molecular flexibility index (Phi) is 7.69. The summed E-state index contributed by atoms with van der Waals surface area (Å²) in [5.74, 6) is 0. The Morgan fingerprint density at radius 2 is 2.27 bits per heavy atom. The summed E-state index contributed by atoms with van der Waals surface area (Å²) >= 11 is 5.81. The zero-order valence-electron chi connectivity index (χ0n) is 6.88. The Hall–Kier alpha value is -0.240. The van der Waals surface area contributed by atoms with Gasteiger partial charge in [0.05, 0.1) is 5.38 Å². The van der Waals surface area contributed by atoms with Crippen molar-refractivity contribution in [2.75, 3.05) is 6.61 Å². The predicted molar refractivity (Wildman–Crippen MR) is 45.8 cm³/mol. The first-order chi connectivity index (χ1) is 5.31. The number of carbonyl (C=O) groups is 1. The van der Waals surface area contributed by atoms with Crippen LogP contribution in [0, 0.1) is 0 Å². The molecule has 3 heteroatoms. The quantitative estimate of drug-likeness (QED) is 0.340. The molecule has 0 radical (unpaired) electrons. The van der Waals surface area contributed by atoms with Crippen molar-refractivity contribution in [2.24, 2.45) is 0 Å². The van der Waals surface area contributed by atoms with Gasteiger partial charge in [0.2, 0.25) is 0 Å². The van der Waals surface area contributed by atoms with Crippen LogP contribution in [0.5, 0.6) is 0 Å². The van der Waals surface area contributed by atoms with Crippen LogP contribution in [0.4, 0.5) is 0 Å². The van der Waals surface area contributed by atoms with Crippen LogP contribution < -0.4 is 0 Å². The molecule has 66 valence electrons. The smallest absolute Gasteiger partial charge is 0.293 e. The first-order valence-corrected chi connectivity index (χ1v) is 4.44. The highest BCUT2D eigenvalue weighted by Gasteiger charge is 2.03. The maximum Gasteiger partial charge on any atom is 0.293 e. The fourth-order valence-electron chi connectivity index (χ4n) is 0.843. The molecule has 0 bridgehead atoms. The van der Waals surface area contributed by atoms with Crippen molar-refractivity contribution in [1.29, 1.82) is 0 Å². The van der Waals surface area contributed by atoms with Crippen LogP contribution in [0.25, 0.3) is 0 Å². The Bertz CT molecular complexity index is 96.1. The highest BCUT2D eigenvalue weighted by molar-refractivity contribution is 6.20. The SMILES string of the molecule is CCCCCC(Cl)COC=O. The Morgan fingerprint density at radius 3 is 2.82 bits per heavy atom. The Balaban J connectivity index is 3.08. The fourth-order valence-corrected chi connectivity index (χ4v) is 1.07. The van der Waals surface area contributed by atoms with Crippen LogP contribution in [0.15, 0.2) is 0 Å². The van der Waals surface area contributed by atoms with E-state index in [9.17, 15) is 4.79 Å². The van der Waals surface area contributed by atoms with Gasteiger partial charge in [-0.25, -0.2) is 0 Å². The third-order valence-electron chi connectivity index (χ3n) is 1.47. The molecule has 0 aliphatic rings. The van der Waals surface area contributed by atoms with Gasteiger partial charge in [-0.05, 0) is 6.42 Å².